The maximum atomic E-state index is 5.60. The van der Waals surface area contributed by atoms with E-state index >= 15 is 0 Å². The van der Waals surface area contributed by atoms with Crippen LogP contribution in [0.4, 0.5) is 0 Å². The summed E-state index contributed by atoms with van der Waals surface area (Å²) >= 11 is 4.31. The van der Waals surface area contributed by atoms with Crippen LogP contribution in [0.5, 0.6) is 5.75 Å². The summed E-state index contributed by atoms with van der Waals surface area (Å²) in [7, 11) is 0. The number of thiol groups is 1. The van der Waals surface area contributed by atoms with Gasteiger partial charge in [-0.3, -0.25) is 0 Å². The Labute approximate surface area is 98.3 Å². The highest BCUT2D eigenvalue weighted by molar-refractivity contribution is 7.80. The van der Waals surface area contributed by atoms with E-state index in [-0.39, 0.29) is 0 Å². The Hall–Kier alpha value is -0.630. The zero-order chi connectivity index (χ0) is 11.3. The van der Waals surface area contributed by atoms with Crippen molar-refractivity contribution < 1.29 is 4.74 Å². The largest absolute Gasteiger partial charge is 0.494 e. The molecule has 0 aromatic heterocycles. The van der Waals surface area contributed by atoms with E-state index in [0.717, 1.165) is 18.8 Å². The molecule has 15 heavy (non-hydrogen) atoms. The molecule has 1 nitrogen and oxygen atoms in total. The zero-order valence-corrected chi connectivity index (χ0v) is 10.6. The summed E-state index contributed by atoms with van der Waals surface area (Å²) in [6.45, 7) is 7.21. The maximum Gasteiger partial charge on any atom is 0.119 e. The van der Waals surface area contributed by atoms with Crippen LogP contribution in [0, 0.1) is 0 Å². The minimum Gasteiger partial charge on any atom is -0.494 e. The van der Waals surface area contributed by atoms with E-state index in [2.05, 4.69) is 45.5 Å². The predicted octanol–water partition coefficient (Wildman–Crippen LogP) is 3.90. The fourth-order valence-electron chi connectivity index (χ4n) is 1.30. The molecule has 1 aromatic carbocycles. The molecular formula is C13H20OS. The molecule has 84 valence electrons. The Morgan fingerprint density at radius 3 is 2.20 bits per heavy atom. The lowest BCUT2D eigenvalue weighted by Crippen LogP contribution is -2.03. The third kappa shape index (κ3) is 4.61. The molecule has 1 atom stereocenters. The first-order valence-electron chi connectivity index (χ1n) is 5.50. The SMILES string of the molecule is CC(S)CCOc1ccc(C(C)C)cc1. The summed E-state index contributed by atoms with van der Waals surface area (Å²) in [6.07, 6.45) is 0.981. The molecule has 1 aromatic rings. The van der Waals surface area contributed by atoms with Crippen LogP contribution in [0.15, 0.2) is 24.3 Å². The number of benzene rings is 1. The van der Waals surface area contributed by atoms with Crippen LogP contribution in [0.25, 0.3) is 0 Å². The molecule has 0 radical (unpaired) electrons. The summed E-state index contributed by atoms with van der Waals surface area (Å²) in [6, 6.07) is 8.34. The molecule has 0 aliphatic carbocycles. The molecule has 2 heteroatoms. The third-order valence-corrected chi connectivity index (χ3v) is 2.61. The van der Waals surface area contributed by atoms with Gasteiger partial charge in [0.1, 0.15) is 5.75 Å². The molecule has 0 saturated heterocycles. The van der Waals surface area contributed by atoms with E-state index in [9.17, 15) is 0 Å². The van der Waals surface area contributed by atoms with Gasteiger partial charge < -0.3 is 4.74 Å². The Bertz CT molecular complexity index is 277. The van der Waals surface area contributed by atoms with Crippen molar-refractivity contribution in [2.24, 2.45) is 0 Å². The molecule has 0 saturated carbocycles. The first kappa shape index (κ1) is 12.4. The van der Waals surface area contributed by atoms with Crippen molar-refractivity contribution in [3.63, 3.8) is 0 Å². The first-order valence-corrected chi connectivity index (χ1v) is 6.02. The van der Waals surface area contributed by atoms with E-state index in [1.807, 2.05) is 12.1 Å². The molecule has 0 amide bonds. The lowest BCUT2D eigenvalue weighted by Gasteiger charge is -2.09. The van der Waals surface area contributed by atoms with Gasteiger partial charge in [-0.2, -0.15) is 12.6 Å². The molecule has 0 spiro atoms. The monoisotopic (exact) mass is 224 g/mol. The second-order valence-corrected chi connectivity index (χ2v) is 5.09. The van der Waals surface area contributed by atoms with Crippen LogP contribution in [0.2, 0.25) is 0 Å². The highest BCUT2D eigenvalue weighted by Crippen LogP contribution is 2.18. The van der Waals surface area contributed by atoms with Crippen LogP contribution >= 0.6 is 12.6 Å². The van der Waals surface area contributed by atoms with Gasteiger partial charge in [0.25, 0.3) is 0 Å². The van der Waals surface area contributed by atoms with Gasteiger partial charge in [-0.25, -0.2) is 0 Å². The average Bonchev–Trinajstić information content (AvgIpc) is 2.18. The number of ether oxygens (including phenoxy) is 1. The highest BCUT2D eigenvalue weighted by atomic mass is 32.1. The molecule has 0 N–H and O–H groups in total. The van der Waals surface area contributed by atoms with Gasteiger partial charge in [0.2, 0.25) is 0 Å². The molecule has 1 unspecified atom stereocenters. The molecule has 0 aliphatic rings. The Kier molecular flexibility index (Phi) is 5.03. The van der Waals surface area contributed by atoms with E-state index in [4.69, 9.17) is 4.74 Å². The number of hydrogen-bond donors (Lipinski definition) is 1. The van der Waals surface area contributed by atoms with Crippen molar-refractivity contribution in [3.8, 4) is 5.75 Å². The van der Waals surface area contributed by atoms with E-state index < -0.39 is 0 Å². The van der Waals surface area contributed by atoms with Crippen LogP contribution in [0.1, 0.15) is 38.7 Å². The zero-order valence-electron chi connectivity index (χ0n) is 9.73. The maximum absolute atomic E-state index is 5.60. The lowest BCUT2D eigenvalue weighted by molar-refractivity contribution is 0.311. The lowest BCUT2D eigenvalue weighted by atomic mass is 10.0. The molecule has 1 rings (SSSR count). The van der Waals surface area contributed by atoms with E-state index in [1.54, 1.807) is 0 Å². The van der Waals surface area contributed by atoms with Crippen molar-refractivity contribution in [1.82, 2.24) is 0 Å². The van der Waals surface area contributed by atoms with Crippen LogP contribution in [0.3, 0.4) is 0 Å². The van der Waals surface area contributed by atoms with Crippen molar-refractivity contribution >= 4 is 12.6 Å². The fourth-order valence-corrected chi connectivity index (χ4v) is 1.40. The van der Waals surface area contributed by atoms with Crippen LogP contribution in [-0.2, 0) is 0 Å². The molecule has 0 heterocycles. The normalized spacial score (nSPS) is 12.9. The second kappa shape index (κ2) is 6.06. The molecule has 0 bridgehead atoms. The minimum atomic E-state index is 0.403. The number of hydrogen-bond acceptors (Lipinski definition) is 2. The minimum absolute atomic E-state index is 0.403. The smallest absolute Gasteiger partial charge is 0.119 e. The summed E-state index contributed by atoms with van der Waals surface area (Å²) in [5.41, 5.74) is 1.35. The van der Waals surface area contributed by atoms with Crippen molar-refractivity contribution in [2.45, 2.75) is 38.4 Å². The fraction of sp³-hybridized carbons (Fsp3) is 0.538. The predicted molar refractivity (Wildman–Crippen MR) is 69.1 cm³/mol. The van der Waals surface area contributed by atoms with Crippen molar-refractivity contribution in [2.75, 3.05) is 6.61 Å². The first-order chi connectivity index (χ1) is 7.09. The van der Waals surface area contributed by atoms with Gasteiger partial charge in [0, 0.05) is 5.25 Å². The molecule has 0 fully saturated rings. The highest BCUT2D eigenvalue weighted by Gasteiger charge is 2.00. The Morgan fingerprint density at radius 2 is 1.73 bits per heavy atom. The van der Waals surface area contributed by atoms with Crippen LogP contribution < -0.4 is 4.74 Å². The van der Waals surface area contributed by atoms with Gasteiger partial charge >= 0.3 is 0 Å². The molecular weight excluding hydrogens is 204 g/mol. The van der Waals surface area contributed by atoms with Gasteiger partial charge in [0.15, 0.2) is 0 Å². The van der Waals surface area contributed by atoms with Crippen molar-refractivity contribution in [3.05, 3.63) is 29.8 Å². The van der Waals surface area contributed by atoms with Gasteiger partial charge in [-0.15, -0.1) is 0 Å². The average molecular weight is 224 g/mol. The van der Waals surface area contributed by atoms with Crippen LogP contribution in [-0.4, -0.2) is 11.9 Å². The summed E-state index contributed by atoms with van der Waals surface area (Å²) in [5, 5.41) is 0.403. The Balaban J connectivity index is 2.43. The summed E-state index contributed by atoms with van der Waals surface area (Å²) in [4.78, 5) is 0. The number of rotatable bonds is 5. The third-order valence-electron chi connectivity index (χ3n) is 2.35. The molecule has 0 aliphatic heterocycles. The van der Waals surface area contributed by atoms with Gasteiger partial charge in [-0.05, 0) is 30.0 Å². The van der Waals surface area contributed by atoms with Gasteiger partial charge in [-0.1, -0.05) is 32.9 Å². The summed E-state index contributed by atoms with van der Waals surface area (Å²) in [5.74, 6) is 1.53. The summed E-state index contributed by atoms with van der Waals surface area (Å²) < 4.78 is 5.60. The van der Waals surface area contributed by atoms with E-state index in [0.29, 0.717) is 11.2 Å². The standard InChI is InChI=1S/C13H20OS/c1-10(2)12-4-6-13(7-5-12)14-9-8-11(3)15/h4-7,10-11,15H,8-9H2,1-3H3. The van der Waals surface area contributed by atoms with E-state index in [1.165, 1.54) is 5.56 Å². The quantitative estimate of drug-likeness (QED) is 0.746. The topological polar surface area (TPSA) is 9.23 Å². The second-order valence-electron chi connectivity index (χ2n) is 4.21. The van der Waals surface area contributed by atoms with Crippen molar-refractivity contribution in [1.29, 1.82) is 0 Å². The Morgan fingerprint density at radius 1 is 1.13 bits per heavy atom. The van der Waals surface area contributed by atoms with Gasteiger partial charge in [0.05, 0.1) is 6.61 Å².